The maximum Gasteiger partial charge on any atom is 0.259 e. The summed E-state index contributed by atoms with van der Waals surface area (Å²) in [4.78, 5) is 27.9. The lowest BCUT2D eigenvalue weighted by atomic mass is 10.1. The lowest BCUT2D eigenvalue weighted by Crippen LogP contribution is -2.45. The van der Waals surface area contributed by atoms with Gasteiger partial charge in [0.25, 0.3) is 5.91 Å². The first kappa shape index (κ1) is 17.0. The number of nitrogens with zero attached hydrogens (tertiary/aromatic N) is 1. The fourth-order valence-electron chi connectivity index (χ4n) is 3.50. The van der Waals surface area contributed by atoms with E-state index in [1.54, 1.807) is 17.0 Å². The standard InChI is InChI=1S/C23H20N2O2/c1-16-9-5-7-13-19(16)24-22(26)21-15-18-12-6-8-14-20(18)25(21)23(27)17-10-3-2-4-11-17/h2-14,21H,15H2,1H3,(H,24,26)/t21-/m0/s1. The number of anilines is 2. The number of amides is 2. The molecule has 0 spiro atoms. The Bertz CT molecular complexity index is 998. The zero-order valence-corrected chi connectivity index (χ0v) is 15.1. The SMILES string of the molecule is Cc1ccccc1NC(=O)[C@@H]1Cc2ccccc2N1C(=O)c1ccccc1. The molecule has 0 aromatic heterocycles. The van der Waals surface area contributed by atoms with Crippen molar-refractivity contribution < 1.29 is 9.59 Å². The third-order valence-corrected chi connectivity index (χ3v) is 4.92. The predicted octanol–water partition coefficient (Wildman–Crippen LogP) is 4.21. The highest BCUT2D eigenvalue weighted by molar-refractivity contribution is 6.13. The molecule has 1 heterocycles. The highest BCUT2D eigenvalue weighted by Crippen LogP contribution is 2.34. The van der Waals surface area contributed by atoms with E-state index in [9.17, 15) is 9.59 Å². The van der Waals surface area contributed by atoms with E-state index in [1.165, 1.54) is 0 Å². The summed E-state index contributed by atoms with van der Waals surface area (Å²) in [6, 6.07) is 23.9. The van der Waals surface area contributed by atoms with Crippen molar-refractivity contribution in [2.24, 2.45) is 0 Å². The Kier molecular flexibility index (Phi) is 4.47. The van der Waals surface area contributed by atoms with E-state index in [0.29, 0.717) is 12.0 Å². The van der Waals surface area contributed by atoms with Crippen LogP contribution in [0.5, 0.6) is 0 Å². The molecule has 4 rings (SSSR count). The summed E-state index contributed by atoms with van der Waals surface area (Å²) in [5.41, 5.74) is 4.14. The van der Waals surface area contributed by atoms with Gasteiger partial charge in [-0.05, 0) is 42.3 Å². The zero-order chi connectivity index (χ0) is 18.8. The summed E-state index contributed by atoms with van der Waals surface area (Å²) in [5.74, 6) is -0.338. The average molecular weight is 356 g/mol. The number of carbonyl (C=O) groups is 2. The Morgan fingerprint density at radius 1 is 0.889 bits per heavy atom. The number of rotatable bonds is 3. The number of hydrogen-bond acceptors (Lipinski definition) is 2. The number of aryl methyl sites for hydroxylation is 1. The summed E-state index contributed by atoms with van der Waals surface area (Å²) < 4.78 is 0. The summed E-state index contributed by atoms with van der Waals surface area (Å²) in [5, 5.41) is 2.99. The fraction of sp³-hybridized carbons (Fsp3) is 0.130. The molecule has 4 nitrogen and oxygen atoms in total. The van der Waals surface area contributed by atoms with Gasteiger partial charge in [-0.2, -0.15) is 0 Å². The van der Waals surface area contributed by atoms with Crippen molar-refractivity contribution in [3.8, 4) is 0 Å². The number of para-hydroxylation sites is 2. The number of fused-ring (bicyclic) bond motifs is 1. The van der Waals surface area contributed by atoms with E-state index in [4.69, 9.17) is 0 Å². The molecule has 0 saturated heterocycles. The van der Waals surface area contributed by atoms with Gasteiger partial charge in [0.15, 0.2) is 0 Å². The van der Waals surface area contributed by atoms with Crippen LogP contribution < -0.4 is 10.2 Å². The first-order chi connectivity index (χ1) is 13.1. The molecule has 0 bridgehead atoms. The molecule has 1 N–H and O–H groups in total. The quantitative estimate of drug-likeness (QED) is 0.764. The minimum absolute atomic E-state index is 0.162. The fourth-order valence-corrected chi connectivity index (χ4v) is 3.50. The van der Waals surface area contributed by atoms with Crippen molar-refractivity contribution in [2.75, 3.05) is 10.2 Å². The molecule has 1 atom stereocenters. The van der Waals surface area contributed by atoms with Crippen molar-refractivity contribution in [1.29, 1.82) is 0 Å². The van der Waals surface area contributed by atoms with E-state index in [-0.39, 0.29) is 11.8 Å². The van der Waals surface area contributed by atoms with Crippen LogP contribution in [0.15, 0.2) is 78.9 Å². The molecule has 134 valence electrons. The van der Waals surface area contributed by atoms with Gasteiger partial charge in [0, 0.05) is 23.4 Å². The van der Waals surface area contributed by atoms with Gasteiger partial charge in [-0.1, -0.05) is 54.6 Å². The monoisotopic (exact) mass is 356 g/mol. The van der Waals surface area contributed by atoms with E-state index in [1.807, 2.05) is 73.7 Å². The molecular formula is C23H20N2O2. The third-order valence-electron chi connectivity index (χ3n) is 4.92. The summed E-state index contributed by atoms with van der Waals surface area (Å²) >= 11 is 0. The topological polar surface area (TPSA) is 49.4 Å². The smallest absolute Gasteiger partial charge is 0.259 e. The maximum atomic E-state index is 13.2. The van der Waals surface area contributed by atoms with Gasteiger partial charge in [0.05, 0.1) is 0 Å². The van der Waals surface area contributed by atoms with Crippen molar-refractivity contribution in [2.45, 2.75) is 19.4 Å². The van der Waals surface area contributed by atoms with Crippen LogP contribution in [0.2, 0.25) is 0 Å². The van der Waals surface area contributed by atoms with Crippen LogP contribution in [0.1, 0.15) is 21.5 Å². The molecule has 0 fully saturated rings. The van der Waals surface area contributed by atoms with Crippen molar-refractivity contribution in [3.05, 3.63) is 95.6 Å². The first-order valence-corrected chi connectivity index (χ1v) is 8.98. The van der Waals surface area contributed by atoms with Crippen LogP contribution in [-0.2, 0) is 11.2 Å². The second-order valence-corrected chi connectivity index (χ2v) is 6.69. The van der Waals surface area contributed by atoms with Crippen LogP contribution in [0.4, 0.5) is 11.4 Å². The molecular weight excluding hydrogens is 336 g/mol. The Balaban J connectivity index is 1.68. The van der Waals surface area contributed by atoms with E-state index in [2.05, 4.69) is 5.32 Å². The molecule has 0 radical (unpaired) electrons. The zero-order valence-electron chi connectivity index (χ0n) is 15.1. The molecule has 0 unspecified atom stereocenters. The predicted molar refractivity (Wildman–Crippen MR) is 107 cm³/mol. The largest absolute Gasteiger partial charge is 0.324 e. The molecule has 0 aliphatic carbocycles. The van der Waals surface area contributed by atoms with Crippen LogP contribution in [-0.4, -0.2) is 17.9 Å². The van der Waals surface area contributed by atoms with Crippen LogP contribution in [0.3, 0.4) is 0 Å². The number of nitrogens with one attached hydrogen (secondary N) is 1. The normalized spacial score (nSPS) is 15.3. The van der Waals surface area contributed by atoms with Crippen molar-refractivity contribution in [1.82, 2.24) is 0 Å². The van der Waals surface area contributed by atoms with Gasteiger partial charge in [0.1, 0.15) is 6.04 Å². The average Bonchev–Trinajstić information content (AvgIpc) is 3.09. The second-order valence-electron chi connectivity index (χ2n) is 6.69. The molecule has 4 heteroatoms. The number of benzene rings is 3. The molecule has 1 aliphatic heterocycles. The molecule has 3 aromatic carbocycles. The minimum Gasteiger partial charge on any atom is -0.324 e. The Hall–Kier alpha value is -3.40. The van der Waals surface area contributed by atoms with Crippen LogP contribution in [0.25, 0.3) is 0 Å². The van der Waals surface area contributed by atoms with Gasteiger partial charge in [-0.25, -0.2) is 0 Å². The molecule has 27 heavy (non-hydrogen) atoms. The van der Waals surface area contributed by atoms with Gasteiger partial charge >= 0.3 is 0 Å². The highest BCUT2D eigenvalue weighted by atomic mass is 16.2. The third kappa shape index (κ3) is 3.22. The lowest BCUT2D eigenvalue weighted by molar-refractivity contribution is -0.117. The molecule has 3 aromatic rings. The Labute approximate surface area is 158 Å². The maximum absolute atomic E-state index is 13.2. The minimum atomic E-state index is -0.574. The summed E-state index contributed by atoms with van der Waals surface area (Å²) in [7, 11) is 0. The summed E-state index contributed by atoms with van der Waals surface area (Å²) in [6.45, 7) is 1.95. The van der Waals surface area contributed by atoms with Crippen molar-refractivity contribution >= 4 is 23.2 Å². The molecule has 2 amide bonds. The lowest BCUT2D eigenvalue weighted by Gasteiger charge is -2.25. The van der Waals surface area contributed by atoms with E-state index >= 15 is 0 Å². The first-order valence-electron chi connectivity index (χ1n) is 8.98. The van der Waals surface area contributed by atoms with Crippen molar-refractivity contribution in [3.63, 3.8) is 0 Å². The number of hydrogen-bond donors (Lipinski definition) is 1. The second kappa shape index (κ2) is 7.08. The molecule has 1 aliphatic rings. The van der Waals surface area contributed by atoms with Gasteiger partial charge in [-0.15, -0.1) is 0 Å². The Morgan fingerprint density at radius 2 is 1.56 bits per heavy atom. The van der Waals surface area contributed by atoms with Crippen LogP contribution >= 0.6 is 0 Å². The van der Waals surface area contributed by atoms with E-state index in [0.717, 1.165) is 22.5 Å². The molecule has 0 saturated carbocycles. The van der Waals surface area contributed by atoms with Crippen LogP contribution in [0, 0.1) is 6.92 Å². The number of carbonyl (C=O) groups excluding carboxylic acids is 2. The van der Waals surface area contributed by atoms with Gasteiger partial charge in [-0.3, -0.25) is 14.5 Å². The highest BCUT2D eigenvalue weighted by Gasteiger charge is 2.38. The van der Waals surface area contributed by atoms with E-state index < -0.39 is 6.04 Å². The Morgan fingerprint density at radius 3 is 2.33 bits per heavy atom. The van der Waals surface area contributed by atoms with Gasteiger partial charge in [0.2, 0.25) is 5.91 Å². The summed E-state index contributed by atoms with van der Waals surface area (Å²) in [6.07, 6.45) is 0.506. The van der Waals surface area contributed by atoms with Gasteiger partial charge < -0.3 is 5.32 Å².